The monoisotopic (exact) mass is 360 g/mol. The molecular formula is C17H14Cl2N4O. The van der Waals surface area contributed by atoms with Crippen LogP contribution in [0.5, 0.6) is 0 Å². The van der Waals surface area contributed by atoms with Crippen molar-refractivity contribution in [2.45, 2.75) is 0 Å². The molecule has 0 saturated heterocycles. The first-order valence-electron chi connectivity index (χ1n) is 7.16. The number of aryl methyl sites for hydroxylation is 1. The first kappa shape index (κ1) is 16.4. The van der Waals surface area contributed by atoms with Crippen molar-refractivity contribution in [3.8, 4) is 11.3 Å². The lowest BCUT2D eigenvalue weighted by Crippen LogP contribution is -2.20. The fraction of sp³-hybridized carbons (Fsp3) is 0.0588. The normalized spacial score (nSPS) is 10.5. The van der Waals surface area contributed by atoms with Crippen LogP contribution in [0.3, 0.4) is 0 Å². The molecule has 1 aromatic heterocycles. The number of carbonyl (C=O) groups is 1. The summed E-state index contributed by atoms with van der Waals surface area (Å²) in [6.45, 7) is 0. The molecule has 0 saturated carbocycles. The molecule has 1 heterocycles. The van der Waals surface area contributed by atoms with Crippen LogP contribution in [-0.4, -0.2) is 15.8 Å². The molecule has 0 atom stereocenters. The molecule has 0 aliphatic rings. The Bertz CT molecular complexity index is 857. The summed E-state index contributed by atoms with van der Waals surface area (Å²) in [6.07, 6.45) is 0. The fourth-order valence-corrected chi connectivity index (χ4v) is 2.78. The number of hydrogen-bond acceptors (Lipinski definition) is 2. The van der Waals surface area contributed by atoms with Gasteiger partial charge in [-0.15, -0.1) is 0 Å². The average molecular weight is 361 g/mol. The second-order valence-electron chi connectivity index (χ2n) is 5.08. The number of anilines is 2. The van der Waals surface area contributed by atoms with Crippen LogP contribution in [-0.2, 0) is 7.05 Å². The van der Waals surface area contributed by atoms with E-state index in [1.165, 1.54) is 0 Å². The highest BCUT2D eigenvalue weighted by Crippen LogP contribution is 2.30. The average Bonchev–Trinajstić information content (AvgIpc) is 2.92. The van der Waals surface area contributed by atoms with Crippen LogP contribution in [0.2, 0.25) is 10.0 Å². The van der Waals surface area contributed by atoms with E-state index in [1.54, 1.807) is 28.9 Å². The third-order valence-corrected chi connectivity index (χ3v) is 4.02. The molecule has 2 amide bonds. The van der Waals surface area contributed by atoms with Gasteiger partial charge in [0.2, 0.25) is 0 Å². The summed E-state index contributed by atoms with van der Waals surface area (Å²) >= 11 is 12.1. The van der Waals surface area contributed by atoms with Gasteiger partial charge in [-0.3, -0.25) is 10.00 Å². The van der Waals surface area contributed by atoms with Crippen LogP contribution in [0.15, 0.2) is 54.6 Å². The van der Waals surface area contributed by atoms with Crippen LogP contribution in [0.4, 0.5) is 16.3 Å². The van der Waals surface area contributed by atoms with E-state index in [0.717, 1.165) is 11.3 Å². The summed E-state index contributed by atoms with van der Waals surface area (Å²) in [4.78, 5) is 12.2. The number of aromatic nitrogens is 2. The summed E-state index contributed by atoms with van der Waals surface area (Å²) in [5.74, 6) is 0.428. The number of carbonyl (C=O) groups excluding carboxylic acids is 1. The number of urea groups is 1. The lowest BCUT2D eigenvalue weighted by atomic mass is 10.1. The second kappa shape index (κ2) is 6.95. The Kier molecular flexibility index (Phi) is 4.74. The SMILES string of the molecule is Cn1nc(NC(=O)Nc2c(Cl)cccc2Cl)cc1-c1ccccc1. The summed E-state index contributed by atoms with van der Waals surface area (Å²) in [5.41, 5.74) is 2.26. The van der Waals surface area contributed by atoms with Crippen molar-refractivity contribution in [2.24, 2.45) is 7.05 Å². The number of benzene rings is 2. The van der Waals surface area contributed by atoms with E-state index in [1.807, 2.05) is 37.4 Å². The zero-order chi connectivity index (χ0) is 17.1. The molecule has 3 rings (SSSR count). The molecular weight excluding hydrogens is 347 g/mol. The Labute approximate surface area is 149 Å². The van der Waals surface area contributed by atoms with Gasteiger partial charge in [0, 0.05) is 13.1 Å². The molecule has 24 heavy (non-hydrogen) atoms. The van der Waals surface area contributed by atoms with Gasteiger partial charge in [0.15, 0.2) is 5.82 Å². The molecule has 2 N–H and O–H groups in total. The standard InChI is InChI=1S/C17H14Cl2N4O/c1-23-14(11-6-3-2-4-7-11)10-15(22-23)20-17(24)21-16-12(18)8-5-9-13(16)19/h2-10H,1H3,(H2,20,21,22,24). The van der Waals surface area contributed by atoms with Crippen molar-refractivity contribution < 1.29 is 4.79 Å². The number of halogens is 2. The highest BCUT2D eigenvalue weighted by atomic mass is 35.5. The molecule has 0 aliphatic heterocycles. The summed E-state index contributed by atoms with van der Waals surface area (Å²) in [6, 6.07) is 16.1. The molecule has 0 spiro atoms. The smallest absolute Gasteiger partial charge is 0.305 e. The highest BCUT2D eigenvalue weighted by molar-refractivity contribution is 6.39. The van der Waals surface area contributed by atoms with Crippen LogP contribution in [0, 0.1) is 0 Å². The highest BCUT2D eigenvalue weighted by Gasteiger charge is 2.12. The summed E-state index contributed by atoms with van der Waals surface area (Å²) < 4.78 is 1.70. The quantitative estimate of drug-likeness (QED) is 0.687. The minimum atomic E-state index is -0.470. The molecule has 122 valence electrons. The van der Waals surface area contributed by atoms with Gasteiger partial charge in [-0.05, 0) is 17.7 Å². The minimum Gasteiger partial charge on any atom is -0.305 e. The van der Waals surface area contributed by atoms with Crippen molar-refractivity contribution in [3.63, 3.8) is 0 Å². The van der Waals surface area contributed by atoms with Gasteiger partial charge in [-0.1, -0.05) is 59.6 Å². The molecule has 0 aliphatic carbocycles. The zero-order valence-electron chi connectivity index (χ0n) is 12.8. The summed E-state index contributed by atoms with van der Waals surface area (Å²) in [5, 5.41) is 10.3. The molecule has 5 nitrogen and oxygen atoms in total. The van der Waals surface area contributed by atoms with Crippen molar-refractivity contribution in [3.05, 3.63) is 64.6 Å². The fourth-order valence-electron chi connectivity index (χ4n) is 2.29. The van der Waals surface area contributed by atoms with Crippen LogP contribution < -0.4 is 10.6 Å². The molecule has 7 heteroatoms. The molecule has 0 bridgehead atoms. The van der Waals surface area contributed by atoms with Gasteiger partial charge in [0.05, 0.1) is 21.4 Å². The first-order chi connectivity index (χ1) is 11.5. The lowest BCUT2D eigenvalue weighted by Gasteiger charge is -2.08. The molecule has 3 aromatic rings. The number of rotatable bonds is 3. The maximum atomic E-state index is 12.2. The maximum Gasteiger partial charge on any atom is 0.324 e. The van der Waals surface area contributed by atoms with Crippen LogP contribution in [0.1, 0.15) is 0 Å². The third-order valence-electron chi connectivity index (χ3n) is 3.39. The van der Waals surface area contributed by atoms with Gasteiger partial charge < -0.3 is 5.32 Å². The van der Waals surface area contributed by atoms with E-state index in [-0.39, 0.29) is 0 Å². The number of para-hydroxylation sites is 1. The molecule has 2 aromatic carbocycles. The Morgan fingerprint density at radius 1 is 1.00 bits per heavy atom. The number of amides is 2. The van der Waals surface area contributed by atoms with Crippen LogP contribution >= 0.6 is 23.2 Å². The van der Waals surface area contributed by atoms with Crippen molar-refractivity contribution >= 4 is 40.7 Å². The van der Waals surface area contributed by atoms with Crippen LogP contribution in [0.25, 0.3) is 11.3 Å². The largest absolute Gasteiger partial charge is 0.324 e. The maximum absolute atomic E-state index is 12.2. The Hall–Kier alpha value is -2.50. The Morgan fingerprint density at radius 2 is 1.67 bits per heavy atom. The predicted molar refractivity (Wildman–Crippen MR) is 97.7 cm³/mol. The van der Waals surface area contributed by atoms with Crippen molar-refractivity contribution in [2.75, 3.05) is 10.6 Å². The van der Waals surface area contributed by atoms with E-state index in [4.69, 9.17) is 23.2 Å². The van der Waals surface area contributed by atoms with Gasteiger partial charge in [0.1, 0.15) is 0 Å². The molecule has 0 fully saturated rings. The van der Waals surface area contributed by atoms with Crippen molar-refractivity contribution in [1.29, 1.82) is 0 Å². The number of nitrogens with zero attached hydrogens (tertiary/aromatic N) is 2. The van der Waals surface area contributed by atoms with Gasteiger partial charge in [0.25, 0.3) is 0 Å². The van der Waals surface area contributed by atoms with E-state index in [2.05, 4.69) is 15.7 Å². The number of hydrogen-bond donors (Lipinski definition) is 2. The molecule has 0 unspecified atom stereocenters. The Balaban J connectivity index is 1.76. The van der Waals surface area contributed by atoms with Gasteiger partial charge in [-0.2, -0.15) is 5.10 Å². The minimum absolute atomic E-state index is 0.359. The third kappa shape index (κ3) is 3.53. The first-order valence-corrected chi connectivity index (χ1v) is 7.91. The Morgan fingerprint density at radius 3 is 2.33 bits per heavy atom. The lowest BCUT2D eigenvalue weighted by molar-refractivity contribution is 0.262. The van der Waals surface area contributed by atoms with E-state index >= 15 is 0 Å². The van der Waals surface area contributed by atoms with E-state index in [9.17, 15) is 4.79 Å². The van der Waals surface area contributed by atoms with Gasteiger partial charge in [-0.25, -0.2) is 4.79 Å². The van der Waals surface area contributed by atoms with E-state index in [0.29, 0.717) is 21.6 Å². The number of nitrogens with one attached hydrogen (secondary N) is 2. The topological polar surface area (TPSA) is 59.0 Å². The van der Waals surface area contributed by atoms with Gasteiger partial charge >= 0.3 is 6.03 Å². The second-order valence-corrected chi connectivity index (χ2v) is 5.89. The molecule has 0 radical (unpaired) electrons. The predicted octanol–water partition coefficient (Wildman–Crippen LogP) is 5.04. The zero-order valence-corrected chi connectivity index (χ0v) is 14.3. The summed E-state index contributed by atoms with van der Waals surface area (Å²) in [7, 11) is 1.82. The van der Waals surface area contributed by atoms with Crippen molar-refractivity contribution in [1.82, 2.24) is 9.78 Å². The van der Waals surface area contributed by atoms with E-state index < -0.39 is 6.03 Å².